The highest BCUT2D eigenvalue weighted by molar-refractivity contribution is 5.78. The van der Waals surface area contributed by atoms with Crippen molar-refractivity contribution >= 4 is 11.9 Å². The third-order valence-electron chi connectivity index (χ3n) is 7.12. The van der Waals surface area contributed by atoms with E-state index in [0.29, 0.717) is 25.0 Å². The van der Waals surface area contributed by atoms with Gasteiger partial charge in [0.15, 0.2) is 5.82 Å². The van der Waals surface area contributed by atoms with Gasteiger partial charge < -0.3 is 19.1 Å². The quantitative estimate of drug-likeness (QED) is 0.499. The van der Waals surface area contributed by atoms with Gasteiger partial charge in [0.2, 0.25) is 5.91 Å². The molecule has 1 aliphatic carbocycles. The molecular weight excluding hydrogens is 416 g/mol. The first-order chi connectivity index (χ1) is 15.9. The number of ether oxygens (including phenoxy) is 1. The summed E-state index contributed by atoms with van der Waals surface area (Å²) in [6.07, 6.45) is 5.38. The topological polar surface area (TPSA) is 71.7 Å². The fraction of sp³-hybridized carbons (Fsp3) is 0.654. The van der Waals surface area contributed by atoms with Gasteiger partial charge in [-0.05, 0) is 54.6 Å². The maximum absolute atomic E-state index is 11.8. The number of hydrogen-bond donors (Lipinski definition) is 0. The lowest BCUT2D eigenvalue weighted by atomic mass is 9.90. The van der Waals surface area contributed by atoms with Crippen molar-refractivity contribution in [2.24, 2.45) is 17.8 Å². The minimum atomic E-state index is 0.124. The maximum Gasteiger partial charge on any atom is 0.324 e. The molecule has 2 atom stereocenters. The van der Waals surface area contributed by atoms with Gasteiger partial charge in [0.1, 0.15) is 0 Å². The second-order valence-corrected chi connectivity index (χ2v) is 10.2. The van der Waals surface area contributed by atoms with Gasteiger partial charge in [-0.25, -0.2) is 0 Å². The number of benzene rings is 1. The molecule has 4 rings (SSSR count). The zero-order chi connectivity index (χ0) is 23.4. The lowest BCUT2D eigenvalue weighted by Crippen LogP contribution is -2.34. The number of piperidine rings is 1. The Kier molecular flexibility index (Phi) is 7.68. The van der Waals surface area contributed by atoms with Crippen molar-refractivity contribution in [1.82, 2.24) is 15.0 Å². The highest BCUT2D eigenvalue weighted by Gasteiger charge is 2.43. The number of nitrogens with zero attached hydrogens (tertiary/aromatic N) is 4. The van der Waals surface area contributed by atoms with Gasteiger partial charge in [0.25, 0.3) is 0 Å². The summed E-state index contributed by atoms with van der Waals surface area (Å²) < 4.78 is 11.4. The maximum atomic E-state index is 11.8. The van der Waals surface area contributed by atoms with Gasteiger partial charge in [-0.1, -0.05) is 43.3 Å². The lowest BCUT2D eigenvalue weighted by Gasteiger charge is -2.30. The first-order valence-electron chi connectivity index (χ1n) is 12.3. The van der Waals surface area contributed by atoms with Crippen LogP contribution in [-0.2, 0) is 22.6 Å². The average molecular weight is 455 g/mol. The van der Waals surface area contributed by atoms with Crippen LogP contribution in [0.1, 0.15) is 62.4 Å². The fourth-order valence-electron chi connectivity index (χ4n) is 4.80. The monoisotopic (exact) mass is 454 g/mol. The van der Waals surface area contributed by atoms with E-state index in [2.05, 4.69) is 41.0 Å². The Bertz CT molecular complexity index is 901. The molecule has 0 spiro atoms. The van der Waals surface area contributed by atoms with Crippen molar-refractivity contribution in [2.45, 2.75) is 58.5 Å². The molecule has 1 amide bonds. The molecule has 33 heavy (non-hydrogen) atoms. The zero-order valence-electron chi connectivity index (χ0n) is 20.5. The Hall–Kier alpha value is -2.41. The van der Waals surface area contributed by atoms with Gasteiger partial charge in [-0.3, -0.25) is 4.79 Å². The van der Waals surface area contributed by atoms with Gasteiger partial charge in [0, 0.05) is 39.7 Å². The van der Waals surface area contributed by atoms with Crippen molar-refractivity contribution in [1.29, 1.82) is 0 Å². The second-order valence-electron chi connectivity index (χ2n) is 10.2. The normalized spacial score (nSPS) is 20.9. The van der Waals surface area contributed by atoms with Crippen molar-refractivity contribution in [3.63, 3.8) is 0 Å². The third-order valence-corrected chi connectivity index (χ3v) is 7.12. The van der Waals surface area contributed by atoms with Crippen molar-refractivity contribution in [2.75, 3.05) is 38.7 Å². The molecule has 2 fully saturated rings. The van der Waals surface area contributed by atoms with E-state index >= 15 is 0 Å². The molecule has 0 radical (unpaired) electrons. The predicted molar refractivity (Wildman–Crippen MR) is 128 cm³/mol. The Morgan fingerprint density at radius 3 is 2.52 bits per heavy atom. The van der Waals surface area contributed by atoms with Crippen molar-refractivity contribution < 1.29 is 14.1 Å². The van der Waals surface area contributed by atoms with Crippen LogP contribution in [0.3, 0.4) is 0 Å². The first-order valence-corrected chi connectivity index (χ1v) is 12.3. The van der Waals surface area contributed by atoms with Crippen LogP contribution in [-0.4, -0.2) is 54.7 Å². The van der Waals surface area contributed by atoms with Crippen LogP contribution in [0.2, 0.25) is 0 Å². The van der Waals surface area contributed by atoms with Crippen molar-refractivity contribution in [3.8, 4) is 0 Å². The van der Waals surface area contributed by atoms with E-state index in [1.807, 2.05) is 12.1 Å². The smallest absolute Gasteiger partial charge is 0.324 e. The molecule has 1 aromatic heterocycles. The van der Waals surface area contributed by atoms with E-state index in [0.717, 1.165) is 60.8 Å². The van der Waals surface area contributed by atoms with E-state index < -0.39 is 0 Å². The molecule has 0 N–H and O–H groups in total. The number of aromatic nitrogens is 2. The van der Waals surface area contributed by atoms with Gasteiger partial charge in [0.05, 0.1) is 13.0 Å². The molecule has 0 unspecified atom stereocenters. The number of hydrogen-bond acceptors (Lipinski definition) is 6. The molecule has 2 heterocycles. The minimum absolute atomic E-state index is 0.124. The van der Waals surface area contributed by atoms with E-state index in [9.17, 15) is 4.79 Å². The number of anilines is 1. The van der Waals surface area contributed by atoms with Crippen molar-refractivity contribution in [3.05, 3.63) is 41.2 Å². The molecule has 7 heteroatoms. The number of likely N-dealkylation sites (N-methyl/N-ethyl adjacent to an activating group) is 1. The van der Waals surface area contributed by atoms with Crippen LogP contribution in [0.15, 0.2) is 28.8 Å². The summed E-state index contributed by atoms with van der Waals surface area (Å²) in [7, 11) is 3.58. The summed E-state index contributed by atoms with van der Waals surface area (Å²) in [5.41, 5.74) is 2.21. The Balaban J connectivity index is 1.11. The summed E-state index contributed by atoms with van der Waals surface area (Å²) >= 11 is 0. The van der Waals surface area contributed by atoms with E-state index in [1.54, 1.807) is 19.0 Å². The molecule has 1 aliphatic heterocycles. The highest BCUT2D eigenvalue weighted by Crippen LogP contribution is 2.50. The van der Waals surface area contributed by atoms with Crippen LogP contribution >= 0.6 is 0 Å². The standard InChI is InChI=1S/C26H38N4O3/c1-18(2)25-27-26(33-28-25)30-12-9-21(10-13-30)23-16-22(23)11-14-32-17-20-7-5-19(6-8-20)15-24(31)29(3)4/h5-8,18,21-23H,9-17H2,1-4H3/t22-,23-/m1/s1. The number of amides is 1. The van der Waals surface area contributed by atoms with E-state index in [-0.39, 0.29) is 5.91 Å². The van der Waals surface area contributed by atoms with Gasteiger partial charge in [-0.2, -0.15) is 4.98 Å². The molecule has 1 saturated heterocycles. The SMILES string of the molecule is CC(C)c1noc(N2CCC([C@H]3C[C@H]3CCOCc3ccc(CC(=O)N(C)C)cc3)CC2)n1. The average Bonchev–Trinajstić information content (AvgIpc) is 3.40. The van der Waals surface area contributed by atoms with Crippen LogP contribution < -0.4 is 4.90 Å². The molecule has 1 saturated carbocycles. The number of carbonyl (C=O) groups excluding carboxylic acids is 1. The summed E-state index contributed by atoms with van der Waals surface area (Å²) in [6.45, 7) is 7.66. The molecule has 0 bridgehead atoms. The summed E-state index contributed by atoms with van der Waals surface area (Å²) in [4.78, 5) is 20.2. The van der Waals surface area contributed by atoms with E-state index in [4.69, 9.17) is 9.26 Å². The molecule has 2 aromatic rings. The van der Waals surface area contributed by atoms with Crippen LogP contribution in [0, 0.1) is 17.8 Å². The van der Waals surface area contributed by atoms with Gasteiger partial charge >= 0.3 is 6.01 Å². The molecule has 180 valence electrons. The van der Waals surface area contributed by atoms with Gasteiger partial charge in [-0.15, -0.1) is 0 Å². The Morgan fingerprint density at radius 1 is 1.18 bits per heavy atom. The van der Waals surface area contributed by atoms with Crippen LogP contribution in [0.5, 0.6) is 0 Å². The first kappa shape index (κ1) is 23.7. The molecule has 1 aromatic carbocycles. The lowest BCUT2D eigenvalue weighted by molar-refractivity contribution is -0.127. The van der Waals surface area contributed by atoms with E-state index in [1.165, 1.54) is 19.3 Å². The number of carbonyl (C=O) groups is 1. The highest BCUT2D eigenvalue weighted by atomic mass is 16.5. The number of rotatable bonds is 10. The van der Waals surface area contributed by atoms with Crippen LogP contribution in [0.25, 0.3) is 0 Å². The molecule has 7 nitrogen and oxygen atoms in total. The Morgan fingerprint density at radius 2 is 1.88 bits per heavy atom. The minimum Gasteiger partial charge on any atom is -0.377 e. The summed E-state index contributed by atoms with van der Waals surface area (Å²) in [6, 6.07) is 8.89. The second kappa shape index (κ2) is 10.7. The molecular formula is C26H38N4O3. The summed E-state index contributed by atoms with van der Waals surface area (Å²) in [5, 5.41) is 4.10. The van der Waals surface area contributed by atoms with Crippen LogP contribution in [0.4, 0.5) is 6.01 Å². The third kappa shape index (κ3) is 6.34. The molecule has 2 aliphatic rings. The fourth-order valence-corrected chi connectivity index (χ4v) is 4.80. The zero-order valence-corrected chi connectivity index (χ0v) is 20.5. The predicted octanol–water partition coefficient (Wildman–Crippen LogP) is 4.28. The summed E-state index contributed by atoms with van der Waals surface area (Å²) in [5.74, 6) is 3.71. The largest absolute Gasteiger partial charge is 0.377 e. The Labute approximate surface area is 197 Å².